The Morgan fingerprint density at radius 1 is 1.09 bits per heavy atom. The van der Waals surface area contributed by atoms with Crippen molar-refractivity contribution < 1.29 is 57.1 Å². The van der Waals surface area contributed by atoms with E-state index in [2.05, 4.69) is 10.3 Å². The number of thioether (sulfide) groups is 1. The first-order valence-corrected chi connectivity index (χ1v) is 15.4. The highest BCUT2D eigenvalue weighted by Crippen LogP contribution is 2.30. The molecule has 4 unspecified atom stereocenters. The van der Waals surface area contributed by atoms with Crippen molar-refractivity contribution in [3.8, 4) is 11.5 Å². The van der Waals surface area contributed by atoms with Crippen LogP contribution in [-0.4, -0.2) is 107 Å². The minimum absolute atomic E-state index is 0.108. The zero-order chi connectivity index (χ0) is 32.6. The molecule has 2 heterocycles. The third-order valence-corrected chi connectivity index (χ3v) is 6.87. The SMILES string of the molecule is COCCOCC(=O)OCOc1c(OC)ccnc1C(=O)NC1COC(=O)C(Cc2ccccc2)C(OCSC)C(C)OC1=O. The summed E-state index contributed by atoms with van der Waals surface area (Å²) in [5.41, 5.74) is 0.595. The van der Waals surface area contributed by atoms with E-state index in [1.807, 2.05) is 36.6 Å². The highest BCUT2D eigenvalue weighted by molar-refractivity contribution is 7.98. The number of hydrogen-bond acceptors (Lipinski definition) is 14. The Morgan fingerprint density at radius 2 is 1.87 bits per heavy atom. The Balaban J connectivity index is 1.74. The first-order chi connectivity index (χ1) is 21.8. The summed E-state index contributed by atoms with van der Waals surface area (Å²) >= 11 is 1.41. The molecule has 0 aliphatic carbocycles. The number of hydrogen-bond donors (Lipinski definition) is 1. The van der Waals surface area contributed by atoms with E-state index >= 15 is 0 Å². The van der Waals surface area contributed by atoms with E-state index in [-0.39, 0.29) is 42.8 Å². The number of benzene rings is 1. The molecule has 1 fully saturated rings. The molecular formula is C30H38N2O12S. The van der Waals surface area contributed by atoms with Gasteiger partial charge in [-0.25, -0.2) is 14.6 Å². The number of cyclic esters (lactones) is 2. The van der Waals surface area contributed by atoms with Crippen molar-refractivity contribution >= 4 is 35.6 Å². The van der Waals surface area contributed by atoms with Gasteiger partial charge in [0.2, 0.25) is 6.79 Å². The molecule has 1 amide bonds. The van der Waals surface area contributed by atoms with Crippen LogP contribution >= 0.6 is 11.8 Å². The molecule has 15 heteroatoms. The summed E-state index contributed by atoms with van der Waals surface area (Å²) < 4.78 is 42.9. The Hall–Kier alpha value is -3.92. The molecule has 0 radical (unpaired) electrons. The quantitative estimate of drug-likeness (QED) is 0.121. The molecule has 14 nitrogen and oxygen atoms in total. The molecular weight excluding hydrogens is 612 g/mol. The normalized spacial score (nSPS) is 20.1. The zero-order valence-electron chi connectivity index (χ0n) is 25.6. The monoisotopic (exact) mass is 650 g/mol. The summed E-state index contributed by atoms with van der Waals surface area (Å²) in [5, 5.41) is 2.50. The van der Waals surface area contributed by atoms with E-state index in [1.165, 1.54) is 38.2 Å². The second-order valence-corrected chi connectivity index (χ2v) is 10.5. The van der Waals surface area contributed by atoms with E-state index < -0.39 is 61.4 Å². The van der Waals surface area contributed by atoms with Gasteiger partial charge in [-0.1, -0.05) is 30.3 Å². The average molecular weight is 651 g/mol. The summed E-state index contributed by atoms with van der Waals surface area (Å²) in [7, 11) is 2.84. The van der Waals surface area contributed by atoms with Gasteiger partial charge in [-0.15, -0.1) is 11.8 Å². The van der Waals surface area contributed by atoms with Crippen molar-refractivity contribution in [2.24, 2.45) is 5.92 Å². The summed E-state index contributed by atoms with van der Waals surface area (Å²) in [4.78, 5) is 56.0. The van der Waals surface area contributed by atoms with Crippen LogP contribution in [0.15, 0.2) is 42.6 Å². The molecule has 0 bridgehead atoms. The zero-order valence-corrected chi connectivity index (χ0v) is 26.4. The molecule has 0 saturated carbocycles. The molecule has 1 aromatic carbocycles. The number of methoxy groups -OCH3 is 2. The van der Waals surface area contributed by atoms with Gasteiger partial charge < -0.3 is 43.2 Å². The van der Waals surface area contributed by atoms with Gasteiger partial charge in [0.05, 0.1) is 32.2 Å². The number of nitrogens with zero attached hydrogens (tertiary/aromatic N) is 1. The molecule has 1 aromatic heterocycles. The van der Waals surface area contributed by atoms with E-state index in [0.29, 0.717) is 6.61 Å². The Morgan fingerprint density at radius 3 is 2.58 bits per heavy atom. The third kappa shape index (κ3) is 10.9. The van der Waals surface area contributed by atoms with Crippen LogP contribution in [0.1, 0.15) is 23.0 Å². The van der Waals surface area contributed by atoms with Crippen molar-refractivity contribution in [3.63, 3.8) is 0 Å². The number of amides is 1. The number of carbonyl (C=O) groups is 4. The van der Waals surface area contributed by atoms with Crippen molar-refractivity contribution in [2.75, 3.05) is 59.6 Å². The molecule has 1 aliphatic rings. The number of carbonyl (C=O) groups excluding carboxylic acids is 4. The van der Waals surface area contributed by atoms with Crippen molar-refractivity contribution in [2.45, 2.75) is 31.6 Å². The molecule has 45 heavy (non-hydrogen) atoms. The van der Waals surface area contributed by atoms with Gasteiger partial charge in [-0.05, 0) is 25.2 Å². The standard InChI is InChI=1S/C30H38N2O12S/c1-19-26(43-18-45-4)21(14-20-8-6-5-7-9-20)29(35)40-15-22(30(36)44-19)32-28(34)25-27(23(38-3)10-11-31-25)42-17-41-24(33)16-39-13-12-37-2/h5-11,19,21-22,26H,12-18H2,1-4H3,(H,32,34). The highest BCUT2D eigenvalue weighted by atomic mass is 32.2. The van der Waals surface area contributed by atoms with Crippen molar-refractivity contribution in [1.29, 1.82) is 0 Å². The second-order valence-electron chi connectivity index (χ2n) is 9.65. The van der Waals surface area contributed by atoms with E-state index in [9.17, 15) is 19.2 Å². The van der Waals surface area contributed by atoms with Crippen molar-refractivity contribution in [1.82, 2.24) is 10.3 Å². The van der Waals surface area contributed by atoms with Gasteiger partial charge in [0, 0.05) is 19.4 Å². The Kier molecular flexibility index (Phi) is 14.8. The summed E-state index contributed by atoms with van der Waals surface area (Å²) in [6.07, 6.45) is 1.76. The lowest BCUT2D eigenvalue weighted by Crippen LogP contribution is -2.46. The average Bonchev–Trinajstić information content (AvgIpc) is 3.07. The fourth-order valence-corrected chi connectivity index (χ4v) is 4.61. The Labute approximate surface area is 265 Å². The maximum atomic E-state index is 13.4. The van der Waals surface area contributed by atoms with Gasteiger partial charge in [-0.3, -0.25) is 9.59 Å². The van der Waals surface area contributed by atoms with Gasteiger partial charge >= 0.3 is 17.9 Å². The molecule has 0 spiro atoms. The Bertz CT molecular complexity index is 1260. The molecule has 1 aliphatic heterocycles. The molecule has 1 saturated heterocycles. The third-order valence-electron chi connectivity index (χ3n) is 6.50. The van der Waals surface area contributed by atoms with Gasteiger partial charge in [-0.2, -0.15) is 0 Å². The first kappa shape index (κ1) is 35.6. The lowest BCUT2D eigenvalue weighted by molar-refractivity contribution is -0.162. The van der Waals surface area contributed by atoms with Gasteiger partial charge in [0.1, 0.15) is 25.4 Å². The first-order valence-electron chi connectivity index (χ1n) is 14.0. The second kappa shape index (κ2) is 18.8. The molecule has 4 atom stereocenters. The lowest BCUT2D eigenvalue weighted by Gasteiger charge is -2.29. The van der Waals surface area contributed by atoms with Crippen LogP contribution in [0.5, 0.6) is 11.5 Å². The number of aromatic nitrogens is 1. The molecule has 2 aromatic rings. The molecule has 1 N–H and O–H groups in total. The molecule has 246 valence electrons. The van der Waals surface area contributed by atoms with Crippen LogP contribution in [0, 0.1) is 5.92 Å². The van der Waals surface area contributed by atoms with Crippen LogP contribution in [0.25, 0.3) is 0 Å². The fourth-order valence-electron chi connectivity index (χ4n) is 4.31. The predicted molar refractivity (Wildman–Crippen MR) is 160 cm³/mol. The largest absolute Gasteiger partial charge is 0.493 e. The molecule has 3 rings (SSSR count). The van der Waals surface area contributed by atoms with E-state index in [1.54, 1.807) is 6.92 Å². The van der Waals surface area contributed by atoms with E-state index in [0.717, 1.165) is 5.56 Å². The number of ether oxygens (including phenoxy) is 8. The number of esters is 3. The van der Waals surface area contributed by atoms with Crippen LogP contribution in [0.2, 0.25) is 0 Å². The summed E-state index contributed by atoms with van der Waals surface area (Å²) in [6, 6.07) is 9.38. The fraction of sp³-hybridized carbons (Fsp3) is 0.500. The maximum absolute atomic E-state index is 13.4. The minimum atomic E-state index is -1.39. The van der Waals surface area contributed by atoms with Crippen LogP contribution < -0.4 is 14.8 Å². The van der Waals surface area contributed by atoms with Crippen LogP contribution in [-0.2, 0) is 49.2 Å². The van der Waals surface area contributed by atoms with Crippen molar-refractivity contribution in [3.05, 3.63) is 53.9 Å². The number of nitrogens with one attached hydrogen (secondary N) is 1. The number of pyridine rings is 1. The summed E-state index contributed by atoms with van der Waals surface area (Å²) in [5.74, 6) is -3.59. The topological polar surface area (TPSA) is 167 Å². The van der Waals surface area contributed by atoms with Gasteiger partial charge in [0.15, 0.2) is 23.2 Å². The smallest absolute Gasteiger partial charge is 0.334 e. The maximum Gasteiger partial charge on any atom is 0.334 e. The predicted octanol–water partition coefficient (Wildman–Crippen LogP) is 1.78. The lowest BCUT2D eigenvalue weighted by atomic mass is 9.91. The van der Waals surface area contributed by atoms with Crippen LogP contribution in [0.3, 0.4) is 0 Å². The number of rotatable bonds is 16. The van der Waals surface area contributed by atoms with E-state index in [4.69, 9.17) is 37.9 Å². The van der Waals surface area contributed by atoms with Gasteiger partial charge in [0.25, 0.3) is 5.91 Å². The highest BCUT2D eigenvalue weighted by Gasteiger charge is 2.40. The summed E-state index contributed by atoms with van der Waals surface area (Å²) in [6.45, 7) is 0.706. The van der Waals surface area contributed by atoms with Crippen LogP contribution in [0.4, 0.5) is 0 Å². The minimum Gasteiger partial charge on any atom is -0.493 e.